The predicted molar refractivity (Wildman–Crippen MR) is 128 cm³/mol. The number of hydrogen-bond acceptors (Lipinski definition) is 4. The maximum Gasteiger partial charge on any atom is 0.413 e. The van der Waals surface area contributed by atoms with Gasteiger partial charge in [0.25, 0.3) is 0 Å². The quantitative estimate of drug-likeness (QED) is 0.419. The first kappa shape index (κ1) is 20.2. The molecule has 4 aromatic rings. The number of fused-ring (bicyclic) bond motifs is 5. The topological polar surface area (TPSA) is 64.6 Å². The molecule has 0 radical (unpaired) electrons. The van der Waals surface area contributed by atoms with Crippen LogP contribution in [-0.2, 0) is 9.53 Å². The van der Waals surface area contributed by atoms with Crippen molar-refractivity contribution in [3.63, 3.8) is 0 Å². The van der Waals surface area contributed by atoms with Crippen LogP contribution in [0.25, 0.3) is 11.1 Å². The van der Waals surface area contributed by atoms with Crippen molar-refractivity contribution in [2.24, 2.45) is 0 Å². The van der Waals surface area contributed by atoms with Gasteiger partial charge in [0.05, 0.1) is 5.92 Å². The molecule has 4 aromatic carbocycles. The van der Waals surface area contributed by atoms with Crippen LogP contribution in [0, 0.1) is 0 Å². The van der Waals surface area contributed by atoms with Crippen LogP contribution < -0.4 is 10.1 Å². The summed E-state index contributed by atoms with van der Waals surface area (Å²) in [6, 6.07) is 31.0. The highest BCUT2D eigenvalue weighted by Gasteiger charge is 2.34. The zero-order valence-corrected chi connectivity index (χ0v) is 18.2. The number of imide groups is 1. The summed E-state index contributed by atoms with van der Waals surface area (Å²) in [6.45, 7) is 0.147. The lowest BCUT2D eigenvalue weighted by Crippen LogP contribution is -2.37. The van der Waals surface area contributed by atoms with Gasteiger partial charge in [0, 0.05) is 17.0 Å². The number of para-hydroxylation sites is 2. The number of nitrogens with one attached hydrogen (secondary N) is 1. The van der Waals surface area contributed by atoms with Gasteiger partial charge in [-0.25, -0.2) is 4.79 Å². The number of alkyl carbamates (subject to hydrolysis) is 1. The fourth-order valence-corrected chi connectivity index (χ4v) is 5.00. The lowest BCUT2D eigenvalue weighted by molar-refractivity contribution is -0.121. The molecular formula is C29H21NO4. The lowest BCUT2D eigenvalue weighted by Gasteiger charge is -2.27. The second-order valence-electron chi connectivity index (χ2n) is 8.43. The highest BCUT2D eigenvalue weighted by atomic mass is 16.5. The van der Waals surface area contributed by atoms with Crippen LogP contribution in [0.3, 0.4) is 0 Å². The van der Waals surface area contributed by atoms with E-state index in [0.29, 0.717) is 22.6 Å². The third-order valence-electron chi connectivity index (χ3n) is 6.51. The first-order valence-electron chi connectivity index (χ1n) is 11.2. The molecule has 1 heterocycles. The maximum absolute atomic E-state index is 13.3. The molecule has 5 heteroatoms. The number of ether oxygens (including phenoxy) is 2. The Kier molecular flexibility index (Phi) is 4.88. The molecule has 2 aliphatic rings. The van der Waals surface area contributed by atoms with Gasteiger partial charge in [-0.2, -0.15) is 0 Å². The van der Waals surface area contributed by atoms with Gasteiger partial charge in [0.15, 0.2) is 0 Å². The Morgan fingerprint density at radius 1 is 0.676 bits per heavy atom. The second-order valence-corrected chi connectivity index (χ2v) is 8.43. The molecule has 0 bridgehead atoms. The fraction of sp³-hybridized carbons (Fsp3) is 0.103. The molecule has 34 heavy (non-hydrogen) atoms. The predicted octanol–water partition coefficient (Wildman–Crippen LogP) is 5.99. The Morgan fingerprint density at radius 3 is 1.71 bits per heavy atom. The summed E-state index contributed by atoms with van der Waals surface area (Å²) in [5.74, 6) is 0.0302. The Hall–Kier alpha value is -4.38. The van der Waals surface area contributed by atoms with Crippen molar-refractivity contribution in [2.45, 2.75) is 11.8 Å². The van der Waals surface area contributed by atoms with Gasteiger partial charge in [-0.15, -0.1) is 0 Å². The third-order valence-corrected chi connectivity index (χ3v) is 6.51. The molecule has 0 unspecified atom stereocenters. The molecule has 0 saturated heterocycles. The Balaban J connectivity index is 1.21. The van der Waals surface area contributed by atoms with Crippen LogP contribution in [0.5, 0.6) is 11.5 Å². The van der Waals surface area contributed by atoms with E-state index in [0.717, 1.165) is 22.3 Å². The number of hydrogen-bond donors (Lipinski definition) is 1. The molecule has 5 nitrogen and oxygen atoms in total. The summed E-state index contributed by atoms with van der Waals surface area (Å²) in [6.07, 6.45) is -0.756. The molecule has 0 saturated carbocycles. The number of carbonyl (C=O) groups excluding carboxylic acids is 2. The zero-order valence-electron chi connectivity index (χ0n) is 18.2. The molecule has 1 aliphatic carbocycles. The van der Waals surface area contributed by atoms with Gasteiger partial charge in [0.1, 0.15) is 18.1 Å². The maximum atomic E-state index is 13.3. The highest BCUT2D eigenvalue weighted by molar-refractivity contribution is 5.98. The Bertz CT molecular complexity index is 1340. The smallest absolute Gasteiger partial charge is 0.413 e. The molecule has 1 aliphatic heterocycles. The average Bonchev–Trinajstić information content (AvgIpc) is 3.19. The average molecular weight is 447 g/mol. The fourth-order valence-electron chi connectivity index (χ4n) is 5.00. The molecule has 2 amide bonds. The first-order chi connectivity index (χ1) is 16.7. The molecule has 1 N–H and O–H groups in total. The molecular weight excluding hydrogens is 426 g/mol. The minimum absolute atomic E-state index is 0.0715. The minimum atomic E-state index is -0.756. The lowest BCUT2D eigenvalue weighted by atomic mass is 9.87. The number of carbonyl (C=O) groups is 2. The van der Waals surface area contributed by atoms with Crippen LogP contribution >= 0.6 is 0 Å². The molecule has 6 rings (SSSR count). The summed E-state index contributed by atoms with van der Waals surface area (Å²) in [7, 11) is 0. The molecule has 0 fully saturated rings. The second kappa shape index (κ2) is 8.19. The van der Waals surface area contributed by atoms with E-state index < -0.39 is 17.9 Å². The van der Waals surface area contributed by atoms with E-state index in [9.17, 15) is 9.59 Å². The summed E-state index contributed by atoms with van der Waals surface area (Å²) in [5, 5.41) is 2.45. The van der Waals surface area contributed by atoms with Gasteiger partial charge < -0.3 is 9.47 Å². The standard InChI is InChI=1S/C29H21NO4/c31-28(27-22-13-5-7-15-25(22)34-26-16-8-6-14-23(26)27)30-29(32)33-17-24-20-11-3-1-9-18(20)19-10-2-4-12-21(19)24/h1-16,24,27H,17H2,(H,30,31,32). The normalized spacial score (nSPS) is 13.6. The van der Waals surface area contributed by atoms with Gasteiger partial charge in [-0.1, -0.05) is 84.9 Å². The summed E-state index contributed by atoms with van der Waals surface area (Å²) >= 11 is 0. The van der Waals surface area contributed by atoms with E-state index in [-0.39, 0.29) is 12.5 Å². The van der Waals surface area contributed by atoms with E-state index in [1.807, 2.05) is 72.8 Å². The summed E-state index contributed by atoms with van der Waals surface area (Å²) < 4.78 is 11.5. The van der Waals surface area contributed by atoms with Gasteiger partial charge >= 0.3 is 6.09 Å². The Morgan fingerprint density at radius 2 is 1.15 bits per heavy atom. The van der Waals surface area contributed by atoms with Crippen molar-refractivity contribution in [1.29, 1.82) is 0 Å². The first-order valence-corrected chi connectivity index (χ1v) is 11.2. The molecule has 0 aromatic heterocycles. The largest absolute Gasteiger partial charge is 0.457 e. The van der Waals surface area contributed by atoms with Crippen molar-refractivity contribution >= 4 is 12.0 Å². The molecule has 166 valence electrons. The van der Waals surface area contributed by atoms with E-state index in [1.165, 1.54) is 0 Å². The number of benzene rings is 4. The molecule has 0 atom stereocenters. The van der Waals surface area contributed by atoms with Crippen LogP contribution in [0.1, 0.15) is 34.1 Å². The minimum Gasteiger partial charge on any atom is -0.457 e. The van der Waals surface area contributed by atoms with E-state index in [1.54, 1.807) is 0 Å². The monoisotopic (exact) mass is 447 g/mol. The summed E-state index contributed by atoms with van der Waals surface area (Å²) in [5.41, 5.74) is 5.97. The number of rotatable bonds is 3. The van der Waals surface area contributed by atoms with Crippen molar-refractivity contribution in [3.8, 4) is 22.6 Å². The SMILES string of the molecule is O=C(NC(=O)C1c2ccccc2Oc2ccccc21)OCC1c2ccccc2-c2ccccc21. The molecule has 0 spiro atoms. The third kappa shape index (κ3) is 3.33. The van der Waals surface area contributed by atoms with Crippen LogP contribution in [-0.4, -0.2) is 18.6 Å². The van der Waals surface area contributed by atoms with Crippen LogP contribution in [0.2, 0.25) is 0 Å². The number of amides is 2. The zero-order chi connectivity index (χ0) is 23.1. The van der Waals surface area contributed by atoms with Crippen molar-refractivity contribution in [2.75, 3.05) is 6.61 Å². The van der Waals surface area contributed by atoms with Crippen LogP contribution in [0.15, 0.2) is 97.1 Å². The van der Waals surface area contributed by atoms with Crippen molar-refractivity contribution < 1.29 is 19.1 Å². The van der Waals surface area contributed by atoms with Gasteiger partial charge in [-0.05, 0) is 34.4 Å². The van der Waals surface area contributed by atoms with Gasteiger partial charge in [-0.3, -0.25) is 10.1 Å². The highest BCUT2D eigenvalue weighted by Crippen LogP contribution is 2.45. The van der Waals surface area contributed by atoms with Gasteiger partial charge in [0.2, 0.25) is 5.91 Å². The van der Waals surface area contributed by atoms with E-state index in [4.69, 9.17) is 9.47 Å². The van der Waals surface area contributed by atoms with Crippen molar-refractivity contribution in [1.82, 2.24) is 5.32 Å². The van der Waals surface area contributed by atoms with E-state index >= 15 is 0 Å². The van der Waals surface area contributed by atoms with E-state index in [2.05, 4.69) is 29.6 Å². The van der Waals surface area contributed by atoms with Crippen molar-refractivity contribution in [3.05, 3.63) is 119 Å². The Labute approximate surface area is 197 Å². The summed E-state index contributed by atoms with van der Waals surface area (Å²) in [4.78, 5) is 26.0. The van der Waals surface area contributed by atoms with Crippen LogP contribution in [0.4, 0.5) is 4.79 Å².